The minimum absolute atomic E-state index is 0. The normalized spacial score (nSPS) is 13.0. The van der Waals surface area contributed by atoms with Crippen molar-refractivity contribution in [2.45, 2.75) is 31.5 Å². The Morgan fingerprint density at radius 1 is 1.46 bits per heavy atom. The lowest BCUT2D eigenvalue weighted by Gasteiger charge is -2.13. The monoisotopic (exact) mass is 389 g/mol. The standard InChI is InChI=1S/C15H19ClN4O2S.ClH/c1-3-9(2)13(17)14-19-20-15(22-14)23-8-12(21)18-11-6-4-5-10(16)7-11;/h4-7,9,13H,3,8,17H2,1-2H3,(H,18,21);1H/p-1/t9?,13-;/m0./s1. The summed E-state index contributed by atoms with van der Waals surface area (Å²) in [6.45, 7) is 4.08. The van der Waals surface area contributed by atoms with Gasteiger partial charge in [0.25, 0.3) is 5.22 Å². The third-order valence-electron chi connectivity index (χ3n) is 3.40. The first-order valence-electron chi connectivity index (χ1n) is 7.26. The van der Waals surface area contributed by atoms with Gasteiger partial charge >= 0.3 is 0 Å². The van der Waals surface area contributed by atoms with Crippen LogP contribution in [0.2, 0.25) is 5.02 Å². The van der Waals surface area contributed by atoms with Gasteiger partial charge in [-0.25, -0.2) is 0 Å². The molecule has 2 aromatic rings. The zero-order valence-electron chi connectivity index (χ0n) is 13.3. The second-order valence-electron chi connectivity index (χ2n) is 5.16. The molecule has 0 spiro atoms. The van der Waals surface area contributed by atoms with Crippen molar-refractivity contribution in [1.29, 1.82) is 0 Å². The van der Waals surface area contributed by atoms with E-state index >= 15 is 0 Å². The smallest absolute Gasteiger partial charge is 0.277 e. The van der Waals surface area contributed by atoms with E-state index in [9.17, 15) is 4.79 Å². The summed E-state index contributed by atoms with van der Waals surface area (Å²) in [5.74, 6) is 0.631. The molecule has 2 rings (SSSR count). The second kappa shape index (κ2) is 9.88. The van der Waals surface area contributed by atoms with Gasteiger partial charge in [-0.3, -0.25) is 4.79 Å². The number of carbonyl (C=O) groups excluding carboxylic acids is 1. The fourth-order valence-corrected chi connectivity index (χ4v) is 2.56. The number of carbonyl (C=O) groups is 1. The zero-order chi connectivity index (χ0) is 16.8. The molecule has 1 heterocycles. The van der Waals surface area contributed by atoms with Crippen molar-refractivity contribution in [2.75, 3.05) is 11.1 Å². The molecule has 0 saturated heterocycles. The van der Waals surface area contributed by atoms with Crippen molar-refractivity contribution in [1.82, 2.24) is 10.2 Å². The van der Waals surface area contributed by atoms with Crippen LogP contribution in [0.4, 0.5) is 5.69 Å². The van der Waals surface area contributed by atoms with Gasteiger partial charge in [0.1, 0.15) is 0 Å². The van der Waals surface area contributed by atoms with E-state index in [-0.39, 0.29) is 36.0 Å². The molecular weight excluding hydrogens is 371 g/mol. The summed E-state index contributed by atoms with van der Waals surface area (Å²) in [5, 5.41) is 11.5. The molecule has 24 heavy (non-hydrogen) atoms. The molecule has 9 heteroatoms. The number of amides is 1. The summed E-state index contributed by atoms with van der Waals surface area (Å²) >= 11 is 7.04. The molecule has 132 valence electrons. The lowest BCUT2D eigenvalue weighted by atomic mass is 10.0. The minimum Gasteiger partial charge on any atom is -1.00 e. The summed E-state index contributed by atoms with van der Waals surface area (Å²) < 4.78 is 5.50. The van der Waals surface area contributed by atoms with Crippen LogP contribution >= 0.6 is 23.4 Å². The molecule has 1 unspecified atom stereocenters. The first-order valence-corrected chi connectivity index (χ1v) is 8.63. The van der Waals surface area contributed by atoms with E-state index in [1.54, 1.807) is 24.3 Å². The van der Waals surface area contributed by atoms with Crippen molar-refractivity contribution in [3.63, 3.8) is 0 Å². The Labute approximate surface area is 156 Å². The van der Waals surface area contributed by atoms with Crippen LogP contribution in [-0.2, 0) is 4.79 Å². The van der Waals surface area contributed by atoms with Crippen LogP contribution in [-0.4, -0.2) is 21.9 Å². The Kier molecular flexibility index (Phi) is 8.55. The Bertz CT molecular complexity index is 668. The Morgan fingerprint density at radius 2 is 2.21 bits per heavy atom. The lowest BCUT2D eigenvalue weighted by Crippen LogP contribution is -3.00. The van der Waals surface area contributed by atoms with Crippen molar-refractivity contribution < 1.29 is 21.6 Å². The van der Waals surface area contributed by atoms with Crippen LogP contribution in [0.25, 0.3) is 0 Å². The third-order valence-corrected chi connectivity index (χ3v) is 4.45. The SMILES string of the molecule is CCC(C)[C@H](N)c1nnc(SCC(=O)Nc2cccc(Cl)c2)o1.[Cl-]. The number of thioether (sulfide) groups is 1. The molecule has 0 saturated carbocycles. The summed E-state index contributed by atoms with van der Waals surface area (Å²) in [7, 11) is 0. The van der Waals surface area contributed by atoms with E-state index in [2.05, 4.69) is 22.4 Å². The van der Waals surface area contributed by atoms with Crippen molar-refractivity contribution >= 4 is 35.0 Å². The molecule has 3 N–H and O–H groups in total. The molecule has 0 aliphatic heterocycles. The predicted octanol–water partition coefficient (Wildman–Crippen LogP) is 0.504. The summed E-state index contributed by atoms with van der Waals surface area (Å²) in [4.78, 5) is 11.9. The molecule has 0 fully saturated rings. The molecule has 1 aromatic heterocycles. The number of anilines is 1. The average Bonchev–Trinajstić information content (AvgIpc) is 3.00. The van der Waals surface area contributed by atoms with Gasteiger partial charge in [-0.2, -0.15) is 0 Å². The number of nitrogens with two attached hydrogens (primary N) is 1. The number of aromatic nitrogens is 2. The van der Waals surface area contributed by atoms with Crippen LogP contribution < -0.4 is 23.5 Å². The van der Waals surface area contributed by atoms with Gasteiger partial charge in [0.15, 0.2) is 0 Å². The summed E-state index contributed by atoms with van der Waals surface area (Å²) in [5.41, 5.74) is 6.68. The molecule has 1 amide bonds. The molecular formula is C15H19Cl2N4O2S-. The van der Waals surface area contributed by atoms with Gasteiger partial charge in [-0.05, 0) is 24.1 Å². The molecule has 1 aromatic carbocycles. The van der Waals surface area contributed by atoms with Crippen LogP contribution in [0.15, 0.2) is 33.9 Å². The van der Waals surface area contributed by atoms with Crippen LogP contribution in [0.1, 0.15) is 32.2 Å². The van der Waals surface area contributed by atoms with E-state index in [1.165, 1.54) is 11.8 Å². The third kappa shape index (κ3) is 5.98. The summed E-state index contributed by atoms with van der Waals surface area (Å²) in [6, 6.07) is 6.67. The highest BCUT2D eigenvalue weighted by atomic mass is 35.5. The molecule has 0 bridgehead atoms. The van der Waals surface area contributed by atoms with E-state index in [0.717, 1.165) is 6.42 Å². The summed E-state index contributed by atoms with van der Waals surface area (Å²) in [6.07, 6.45) is 0.925. The van der Waals surface area contributed by atoms with Crippen LogP contribution in [0, 0.1) is 5.92 Å². The fourth-order valence-electron chi connectivity index (χ4n) is 1.80. The van der Waals surface area contributed by atoms with Crippen LogP contribution in [0.5, 0.6) is 0 Å². The van der Waals surface area contributed by atoms with Gasteiger partial charge in [0.2, 0.25) is 11.8 Å². The first kappa shape index (κ1) is 20.8. The predicted molar refractivity (Wildman–Crippen MR) is 91.5 cm³/mol. The van der Waals surface area contributed by atoms with E-state index in [0.29, 0.717) is 21.8 Å². The Morgan fingerprint density at radius 3 is 2.88 bits per heavy atom. The number of hydrogen-bond acceptors (Lipinski definition) is 6. The van der Waals surface area contributed by atoms with Crippen molar-refractivity contribution in [2.24, 2.45) is 11.7 Å². The maximum Gasteiger partial charge on any atom is 0.277 e. The number of halogens is 2. The Hall–Kier alpha value is -1.28. The Balaban J connectivity index is 0.00000288. The quantitative estimate of drug-likeness (QED) is 0.669. The van der Waals surface area contributed by atoms with Gasteiger partial charge in [-0.15, -0.1) is 10.2 Å². The van der Waals surface area contributed by atoms with E-state index in [1.807, 2.05) is 6.92 Å². The molecule has 0 aliphatic rings. The lowest BCUT2D eigenvalue weighted by molar-refractivity contribution is -0.113. The van der Waals surface area contributed by atoms with Crippen LogP contribution in [0.3, 0.4) is 0 Å². The maximum absolute atomic E-state index is 11.9. The topological polar surface area (TPSA) is 94.0 Å². The number of rotatable bonds is 7. The van der Waals surface area contributed by atoms with Gasteiger partial charge < -0.3 is 27.9 Å². The highest BCUT2D eigenvalue weighted by Crippen LogP contribution is 2.24. The van der Waals surface area contributed by atoms with Crippen molar-refractivity contribution in [3.8, 4) is 0 Å². The number of hydrogen-bond donors (Lipinski definition) is 2. The van der Waals surface area contributed by atoms with Gasteiger partial charge in [0.05, 0.1) is 11.8 Å². The van der Waals surface area contributed by atoms with E-state index < -0.39 is 0 Å². The molecule has 2 atom stereocenters. The molecule has 6 nitrogen and oxygen atoms in total. The van der Waals surface area contributed by atoms with Gasteiger partial charge in [-0.1, -0.05) is 49.7 Å². The highest BCUT2D eigenvalue weighted by Gasteiger charge is 2.20. The largest absolute Gasteiger partial charge is 1.00 e. The first-order chi connectivity index (χ1) is 11.0. The highest BCUT2D eigenvalue weighted by molar-refractivity contribution is 7.99. The van der Waals surface area contributed by atoms with Crippen molar-refractivity contribution in [3.05, 3.63) is 35.2 Å². The van der Waals surface area contributed by atoms with Gasteiger partial charge in [0, 0.05) is 10.7 Å². The fraction of sp³-hybridized carbons (Fsp3) is 0.400. The zero-order valence-corrected chi connectivity index (χ0v) is 15.7. The number of nitrogens with one attached hydrogen (secondary N) is 1. The second-order valence-corrected chi connectivity index (χ2v) is 6.53. The average molecular weight is 390 g/mol. The molecule has 0 radical (unpaired) electrons. The minimum atomic E-state index is -0.290. The molecule has 0 aliphatic carbocycles. The number of nitrogens with zero attached hydrogens (tertiary/aromatic N) is 2. The maximum atomic E-state index is 11.9. The van der Waals surface area contributed by atoms with E-state index in [4.69, 9.17) is 21.8 Å². The number of benzene rings is 1.